The standard InChI is InChI=1S/C18H22N6S.ClH/c1-23-17(15-6-3-8-19-12-15)21-22-18(23)25-13-14-5-2-7-16(11-14)24-10-4-9-20-24;/h2,4-5,7,9-11,15,19H,3,6,8,12-13H2,1H3;1H. The van der Waals surface area contributed by atoms with Gasteiger partial charge in [0.1, 0.15) is 5.82 Å². The second kappa shape index (κ2) is 8.70. The molecule has 0 aliphatic carbocycles. The van der Waals surface area contributed by atoms with Gasteiger partial charge in [0.05, 0.1) is 5.69 Å². The summed E-state index contributed by atoms with van der Waals surface area (Å²) in [6.45, 7) is 2.12. The summed E-state index contributed by atoms with van der Waals surface area (Å²) in [6.07, 6.45) is 6.15. The van der Waals surface area contributed by atoms with Gasteiger partial charge in [-0.1, -0.05) is 23.9 Å². The SMILES string of the molecule is Cl.Cn1c(SCc2cccc(-n3cccn3)c2)nnc1C1CCCNC1. The second-order valence-electron chi connectivity index (χ2n) is 6.35. The van der Waals surface area contributed by atoms with Crippen molar-refractivity contribution >= 4 is 24.2 Å². The molecule has 0 bridgehead atoms. The molecule has 1 atom stereocenters. The molecule has 8 heteroatoms. The molecule has 3 aromatic rings. The van der Waals surface area contributed by atoms with Crippen LogP contribution in [-0.2, 0) is 12.8 Å². The summed E-state index contributed by atoms with van der Waals surface area (Å²) in [5.41, 5.74) is 2.33. The van der Waals surface area contributed by atoms with Crippen molar-refractivity contribution in [3.63, 3.8) is 0 Å². The number of piperidine rings is 1. The van der Waals surface area contributed by atoms with E-state index in [1.165, 1.54) is 18.4 Å². The molecular weight excluding hydrogens is 368 g/mol. The summed E-state index contributed by atoms with van der Waals surface area (Å²) in [7, 11) is 2.08. The zero-order valence-electron chi connectivity index (χ0n) is 14.7. The van der Waals surface area contributed by atoms with E-state index in [9.17, 15) is 0 Å². The first kappa shape index (κ1) is 18.9. The fourth-order valence-electron chi connectivity index (χ4n) is 3.24. The quantitative estimate of drug-likeness (QED) is 0.678. The smallest absolute Gasteiger partial charge is 0.191 e. The van der Waals surface area contributed by atoms with Crippen molar-refractivity contribution in [3.05, 3.63) is 54.1 Å². The molecule has 3 heterocycles. The molecule has 1 N–H and O–H groups in total. The highest BCUT2D eigenvalue weighted by molar-refractivity contribution is 7.98. The highest BCUT2D eigenvalue weighted by Gasteiger charge is 2.21. The summed E-state index contributed by atoms with van der Waals surface area (Å²) in [5.74, 6) is 2.44. The Morgan fingerprint density at radius 3 is 2.96 bits per heavy atom. The molecule has 0 spiro atoms. The van der Waals surface area contributed by atoms with Crippen molar-refractivity contribution < 1.29 is 0 Å². The van der Waals surface area contributed by atoms with Gasteiger partial charge in [0.25, 0.3) is 0 Å². The van der Waals surface area contributed by atoms with Crippen LogP contribution in [0.2, 0.25) is 0 Å². The molecule has 1 aliphatic heterocycles. The zero-order valence-corrected chi connectivity index (χ0v) is 16.3. The van der Waals surface area contributed by atoms with Crippen LogP contribution in [-0.4, -0.2) is 37.6 Å². The van der Waals surface area contributed by atoms with Crippen molar-refractivity contribution in [3.8, 4) is 5.69 Å². The third kappa shape index (κ3) is 4.11. The molecule has 138 valence electrons. The first-order valence-electron chi connectivity index (χ1n) is 8.63. The minimum absolute atomic E-state index is 0. The number of nitrogens with one attached hydrogen (secondary N) is 1. The number of benzene rings is 1. The van der Waals surface area contributed by atoms with Crippen LogP contribution in [0.3, 0.4) is 0 Å². The summed E-state index contributed by atoms with van der Waals surface area (Å²) in [5, 5.41) is 17.6. The third-order valence-electron chi connectivity index (χ3n) is 4.58. The minimum atomic E-state index is 0. The number of thioether (sulfide) groups is 1. The van der Waals surface area contributed by atoms with E-state index < -0.39 is 0 Å². The first-order valence-corrected chi connectivity index (χ1v) is 9.61. The van der Waals surface area contributed by atoms with Gasteiger partial charge in [0.15, 0.2) is 5.16 Å². The Labute approximate surface area is 163 Å². The normalized spacial score (nSPS) is 17.0. The summed E-state index contributed by atoms with van der Waals surface area (Å²) in [6, 6.07) is 10.4. The van der Waals surface area contributed by atoms with E-state index in [1.54, 1.807) is 18.0 Å². The van der Waals surface area contributed by atoms with Crippen LogP contribution in [0.5, 0.6) is 0 Å². The molecule has 4 rings (SSSR count). The average molecular weight is 391 g/mol. The maximum atomic E-state index is 4.45. The van der Waals surface area contributed by atoms with Crippen LogP contribution in [0.15, 0.2) is 47.9 Å². The number of nitrogens with zero attached hydrogens (tertiary/aromatic N) is 5. The molecule has 1 aliphatic rings. The van der Waals surface area contributed by atoms with Gasteiger partial charge in [0, 0.05) is 37.7 Å². The Morgan fingerprint density at radius 1 is 1.27 bits per heavy atom. The number of hydrogen-bond acceptors (Lipinski definition) is 5. The van der Waals surface area contributed by atoms with E-state index in [1.807, 2.05) is 16.9 Å². The van der Waals surface area contributed by atoms with E-state index in [0.29, 0.717) is 5.92 Å². The van der Waals surface area contributed by atoms with Crippen molar-refractivity contribution in [2.45, 2.75) is 29.7 Å². The molecule has 1 unspecified atom stereocenters. The summed E-state index contributed by atoms with van der Waals surface area (Å²) >= 11 is 1.73. The summed E-state index contributed by atoms with van der Waals surface area (Å²) in [4.78, 5) is 0. The van der Waals surface area contributed by atoms with Crippen LogP contribution in [0.4, 0.5) is 0 Å². The van der Waals surface area contributed by atoms with Crippen molar-refractivity contribution in [1.29, 1.82) is 0 Å². The minimum Gasteiger partial charge on any atom is -0.316 e. The van der Waals surface area contributed by atoms with E-state index in [4.69, 9.17) is 0 Å². The van der Waals surface area contributed by atoms with Gasteiger partial charge >= 0.3 is 0 Å². The molecular formula is C18H23ClN6S. The Morgan fingerprint density at radius 2 is 2.19 bits per heavy atom. The predicted octanol–water partition coefficient (Wildman–Crippen LogP) is 3.18. The lowest BCUT2D eigenvalue weighted by molar-refractivity contribution is 0.436. The van der Waals surface area contributed by atoms with E-state index in [-0.39, 0.29) is 12.4 Å². The van der Waals surface area contributed by atoms with E-state index in [2.05, 4.69) is 56.5 Å². The lowest BCUT2D eigenvalue weighted by Gasteiger charge is -2.21. The molecule has 0 radical (unpaired) electrons. The van der Waals surface area contributed by atoms with Gasteiger partial charge in [-0.25, -0.2) is 4.68 Å². The zero-order chi connectivity index (χ0) is 17.1. The first-order chi connectivity index (χ1) is 12.3. The van der Waals surface area contributed by atoms with E-state index >= 15 is 0 Å². The highest BCUT2D eigenvalue weighted by atomic mass is 35.5. The van der Waals surface area contributed by atoms with Crippen molar-refractivity contribution in [2.24, 2.45) is 7.05 Å². The molecule has 1 saturated heterocycles. The lowest BCUT2D eigenvalue weighted by atomic mass is 9.99. The Balaban J connectivity index is 0.00000196. The third-order valence-corrected chi connectivity index (χ3v) is 5.67. The molecule has 0 amide bonds. The summed E-state index contributed by atoms with van der Waals surface area (Å²) < 4.78 is 4.03. The van der Waals surface area contributed by atoms with Crippen LogP contribution >= 0.6 is 24.2 Å². The van der Waals surface area contributed by atoms with Crippen molar-refractivity contribution in [1.82, 2.24) is 29.9 Å². The van der Waals surface area contributed by atoms with Gasteiger partial charge in [-0.05, 0) is 43.1 Å². The number of halogens is 1. The monoisotopic (exact) mass is 390 g/mol. The lowest BCUT2D eigenvalue weighted by Crippen LogP contribution is -2.29. The predicted molar refractivity (Wildman–Crippen MR) is 106 cm³/mol. The van der Waals surface area contributed by atoms with Crippen molar-refractivity contribution in [2.75, 3.05) is 13.1 Å². The molecule has 0 saturated carbocycles. The van der Waals surface area contributed by atoms with Crippen LogP contribution < -0.4 is 5.32 Å². The fraction of sp³-hybridized carbons (Fsp3) is 0.389. The maximum Gasteiger partial charge on any atom is 0.191 e. The second-order valence-corrected chi connectivity index (χ2v) is 7.29. The largest absolute Gasteiger partial charge is 0.316 e. The van der Waals surface area contributed by atoms with Gasteiger partial charge in [-0.3, -0.25) is 0 Å². The van der Waals surface area contributed by atoms with Gasteiger partial charge < -0.3 is 9.88 Å². The van der Waals surface area contributed by atoms with Gasteiger partial charge in [-0.15, -0.1) is 22.6 Å². The molecule has 1 aromatic carbocycles. The molecule has 26 heavy (non-hydrogen) atoms. The fourth-order valence-corrected chi connectivity index (χ4v) is 4.10. The topological polar surface area (TPSA) is 60.6 Å². The van der Waals surface area contributed by atoms with Gasteiger partial charge in [-0.2, -0.15) is 5.10 Å². The Kier molecular flexibility index (Phi) is 6.34. The Hall–Kier alpha value is -1.83. The van der Waals surface area contributed by atoms with Crippen LogP contribution in [0.25, 0.3) is 5.69 Å². The van der Waals surface area contributed by atoms with Gasteiger partial charge in [0.2, 0.25) is 0 Å². The number of rotatable bonds is 5. The maximum absolute atomic E-state index is 4.45. The number of aromatic nitrogens is 5. The highest BCUT2D eigenvalue weighted by Crippen LogP contribution is 2.27. The van der Waals surface area contributed by atoms with E-state index in [0.717, 1.165) is 35.5 Å². The molecule has 2 aromatic heterocycles. The molecule has 6 nitrogen and oxygen atoms in total. The number of hydrogen-bond donors (Lipinski definition) is 1. The van der Waals surface area contributed by atoms with Crippen LogP contribution in [0, 0.1) is 0 Å². The average Bonchev–Trinajstić information content (AvgIpc) is 3.31. The van der Waals surface area contributed by atoms with Crippen LogP contribution in [0.1, 0.15) is 30.1 Å². The molecule has 1 fully saturated rings. The Bertz CT molecular complexity index is 826.